The minimum absolute atomic E-state index is 0. The number of hydrogen-bond donors (Lipinski definition) is 1. The highest BCUT2D eigenvalue weighted by atomic mass is 79.9. The van der Waals surface area contributed by atoms with Crippen molar-refractivity contribution in [3.05, 3.63) is 58.1 Å². The third-order valence-corrected chi connectivity index (χ3v) is 3.40. The SMILES string of the molecule is COc1cc(C=NO)c(Br)cc1OCc1ccccc1.Cl. The first-order valence-electron chi connectivity index (χ1n) is 5.96. The zero-order valence-corrected chi connectivity index (χ0v) is 13.7. The van der Waals surface area contributed by atoms with Gasteiger partial charge in [-0.05, 0) is 33.6 Å². The Hall–Kier alpha value is -1.72. The Morgan fingerprint density at radius 1 is 1.19 bits per heavy atom. The Balaban J connectivity index is 0.00000220. The molecule has 0 aliphatic heterocycles. The van der Waals surface area contributed by atoms with Gasteiger partial charge >= 0.3 is 0 Å². The van der Waals surface area contributed by atoms with Crippen LogP contribution in [0.15, 0.2) is 52.1 Å². The highest BCUT2D eigenvalue weighted by Crippen LogP contribution is 2.33. The molecule has 0 fully saturated rings. The number of ether oxygens (including phenoxy) is 2. The molecule has 0 aliphatic carbocycles. The van der Waals surface area contributed by atoms with Gasteiger partial charge in [0.05, 0.1) is 13.3 Å². The molecule has 0 heterocycles. The molecule has 0 unspecified atom stereocenters. The lowest BCUT2D eigenvalue weighted by molar-refractivity contribution is 0.284. The summed E-state index contributed by atoms with van der Waals surface area (Å²) in [5.41, 5.74) is 1.78. The monoisotopic (exact) mass is 371 g/mol. The van der Waals surface area contributed by atoms with Gasteiger partial charge in [0.1, 0.15) is 6.61 Å². The number of hydrogen-bond acceptors (Lipinski definition) is 4. The van der Waals surface area contributed by atoms with Crippen LogP contribution in [-0.2, 0) is 6.61 Å². The fraction of sp³-hybridized carbons (Fsp3) is 0.133. The van der Waals surface area contributed by atoms with E-state index in [0.717, 1.165) is 10.0 Å². The highest BCUT2D eigenvalue weighted by Gasteiger charge is 2.09. The third-order valence-electron chi connectivity index (χ3n) is 2.72. The first-order chi connectivity index (χ1) is 9.74. The summed E-state index contributed by atoms with van der Waals surface area (Å²) in [6.07, 6.45) is 1.33. The number of oxime groups is 1. The zero-order chi connectivity index (χ0) is 14.4. The number of rotatable bonds is 5. The maximum absolute atomic E-state index is 8.61. The number of methoxy groups -OCH3 is 1. The van der Waals surface area contributed by atoms with Gasteiger partial charge in [-0.2, -0.15) is 0 Å². The van der Waals surface area contributed by atoms with Crippen LogP contribution >= 0.6 is 28.3 Å². The average Bonchev–Trinajstić information content (AvgIpc) is 2.48. The van der Waals surface area contributed by atoms with Gasteiger partial charge < -0.3 is 14.7 Å². The fourth-order valence-corrected chi connectivity index (χ4v) is 2.14. The van der Waals surface area contributed by atoms with Crippen molar-refractivity contribution in [2.45, 2.75) is 6.61 Å². The Bertz CT molecular complexity index is 605. The van der Waals surface area contributed by atoms with E-state index in [4.69, 9.17) is 14.7 Å². The summed E-state index contributed by atoms with van der Waals surface area (Å²) in [6.45, 7) is 0.455. The summed E-state index contributed by atoms with van der Waals surface area (Å²) >= 11 is 3.40. The standard InChI is InChI=1S/C15H14BrNO3.ClH/c1-19-14-7-12(9-17-18)13(16)8-15(14)20-10-11-5-3-2-4-6-11;/h2-9,18H,10H2,1H3;1H. The first kappa shape index (κ1) is 17.3. The van der Waals surface area contributed by atoms with Gasteiger partial charge in [-0.3, -0.25) is 0 Å². The van der Waals surface area contributed by atoms with Gasteiger partial charge in [-0.1, -0.05) is 35.5 Å². The van der Waals surface area contributed by atoms with Gasteiger partial charge in [0.2, 0.25) is 0 Å². The maximum atomic E-state index is 8.61. The van der Waals surface area contributed by atoms with Crippen LogP contribution in [0, 0.1) is 0 Å². The Labute approximate surface area is 137 Å². The maximum Gasteiger partial charge on any atom is 0.162 e. The molecule has 2 aromatic rings. The molecule has 0 saturated carbocycles. The normalized spacial score (nSPS) is 10.2. The van der Waals surface area contributed by atoms with Gasteiger partial charge in [0.25, 0.3) is 0 Å². The minimum atomic E-state index is 0. The lowest BCUT2D eigenvalue weighted by atomic mass is 10.2. The largest absolute Gasteiger partial charge is 0.493 e. The summed E-state index contributed by atoms with van der Waals surface area (Å²) in [4.78, 5) is 0. The molecule has 0 atom stereocenters. The van der Waals surface area contributed by atoms with Crippen LogP contribution in [0.1, 0.15) is 11.1 Å². The molecule has 0 radical (unpaired) electrons. The molecule has 6 heteroatoms. The van der Waals surface area contributed by atoms with E-state index in [1.54, 1.807) is 19.2 Å². The summed E-state index contributed by atoms with van der Waals surface area (Å²) in [6, 6.07) is 13.4. The molecule has 0 spiro atoms. The third kappa shape index (κ3) is 4.65. The van der Waals surface area contributed by atoms with E-state index in [1.807, 2.05) is 30.3 Å². The quantitative estimate of drug-likeness (QED) is 0.484. The molecule has 2 rings (SSSR count). The molecular weight excluding hydrogens is 358 g/mol. The topological polar surface area (TPSA) is 51.0 Å². The lowest BCUT2D eigenvalue weighted by Gasteiger charge is -2.12. The van der Waals surface area contributed by atoms with Crippen LogP contribution in [0.2, 0.25) is 0 Å². The van der Waals surface area contributed by atoms with Crippen LogP contribution < -0.4 is 9.47 Å². The highest BCUT2D eigenvalue weighted by molar-refractivity contribution is 9.10. The number of nitrogens with zero attached hydrogens (tertiary/aromatic N) is 1. The van der Waals surface area contributed by atoms with E-state index in [9.17, 15) is 0 Å². The van der Waals surface area contributed by atoms with E-state index in [2.05, 4.69) is 21.1 Å². The van der Waals surface area contributed by atoms with Gasteiger partial charge in [0.15, 0.2) is 11.5 Å². The smallest absolute Gasteiger partial charge is 0.162 e. The van der Waals surface area contributed by atoms with Gasteiger partial charge in [0, 0.05) is 10.0 Å². The Morgan fingerprint density at radius 2 is 1.90 bits per heavy atom. The predicted molar refractivity (Wildman–Crippen MR) is 88.1 cm³/mol. The van der Waals surface area contributed by atoms with Crippen molar-refractivity contribution in [2.75, 3.05) is 7.11 Å². The second-order valence-electron chi connectivity index (χ2n) is 4.04. The van der Waals surface area contributed by atoms with Crippen LogP contribution in [-0.4, -0.2) is 18.5 Å². The van der Waals surface area contributed by atoms with Crippen molar-refractivity contribution in [3.8, 4) is 11.5 Å². The van der Waals surface area contributed by atoms with Crippen molar-refractivity contribution in [2.24, 2.45) is 5.16 Å². The minimum Gasteiger partial charge on any atom is -0.493 e. The summed E-state index contributed by atoms with van der Waals surface area (Å²) in [5, 5.41) is 11.6. The van der Waals surface area contributed by atoms with Gasteiger partial charge in [-0.25, -0.2) is 0 Å². The van der Waals surface area contributed by atoms with Gasteiger partial charge in [-0.15, -0.1) is 12.4 Å². The van der Waals surface area contributed by atoms with Crippen molar-refractivity contribution in [1.82, 2.24) is 0 Å². The van der Waals surface area contributed by atoms with Crippen LogP contribution in [0.3, 0.4) is 0 Å². The number of benzene rings is 2. The van der Waals surface area contributed by atoms with Crippen molar-refractivity contribution >= 4 is 34.6 Å². The summed E-state index contributed by atoms with van der Waals surface area (Å²) < 4.78 is 11.8. The van der Waals surface area contributed by atoms with Crippen molar-refractivity contribution < 1.29 is 14.7 Å². The van der Waals surface area contributed by atoms with E-state index in [1.165, 1.54) is 6.21 Å². The summed E-state index contributed by atoms with van der Waals surface area (Å²) in [7, 11) is 1.57. The number of halogens is 2. The predicted octanol–water partition coefficient (Wildman–Crippen LogP) is 4.27. The summed E-state index contributed by atoms with van der Waals surface area (Å²) in [5.74, 6) is 1.21. The second kappa shape index (κ2) is 8.54. The molecule has 2 aromatic carbocycles. The molecular formula is C15H15BrClNO3. The van der Waals surface area contributed by atoms with Crippen LogP contribution in [0.4, 0.5) is 0 Å². The van der Waals surface area contributed by atoms with Crippen LogP contribution in [0.5, 0.6) is 11.5 Å². The molecule has 0 saturated heterocycles. The fourth-order valence-electron chi connectivity index (χ4n) is 1.72. The Kier molecular flexibility index (Phi) is 7.05. The van der Waals surface area contributed by atoms with E-state index < -0.39 is 0 Å². The second-order valence-corrected chi connectivity index (χ2v) is 4.90. The first-order valence-corrected chi connectivity index (χ1v) is 6.75. The molecule has 0 aliphatic rings. The molecule has 112 valence electrons. The molecule has 0 bridgehead atoms. The average molecular weight is 373 g/mol. The molecule has 21 heavy (non-hydrogen) atoms. The zero-order valence-electron chi connectivity index (χ0n) is 11.3. The molecule has 4 nitrogen and oxygen atoms in total. The van der Waals surface area contributed by atoms with E-state index in [-0.39, 0.29) is 12.4 Å². The molecule has 0 amide bonds. The molecule has 1 N–H and O–H groups in total. The van der Waals surface area contributed by atoms with E-state index >= 15 is 0 Å². The Morgan fingerprint density at radius 3 is 2.52 bits per heavy atom. The molecule has 0 aromatic heterocycles. The van der Waals surface area contributed by atoms with Crippen LogP contribution in [0.25, 0.3) is 0 Å². The van der Waals surface area contributed by atoms with E-state index in [0.29, 0.717) is 23.7 Å². The van der Waals surface area contributed by atoms with Crippen molar-refractivity contribution in [3.63, 3.8) is 0 Å². The lowest BCUT2D eigenvalue weighted by Crippen LogP contribution is -1.99. The van der Waals surface area contributed by atoms with Crippen molar-refractivity contribution in [1.29, 1.82) is 0 Å².